The van der Waals surface area contributed by atoms with Crippen molar-refractivity contribution in [1.82, 2.24) is 0 Å². The summed E-state index contributed by atoms with van der Waals surface area (Å²) in [5.41, 5.74) is 0. The van der Waals surface area contributed by atoms with E-state index >= 15 is 0 Å². The van der Waals surface area contributed by atoms with Crippen LogP contribution in [0.5, 0.6) is 0 Å². The Hall–Kier alpha value is -1.85. The van der Waals surface area contributed by atoms with Crippen LogP contribution in [0.3, 0.4) is 0 Å². The van der Waals surface area contributed by atoms with Gasteiger partial charge in [0, 0.05) is 19.3 Å². The van der Waals surface area contributed by atoms with Gasteiger partial charge in [-0.25, -0.2) is 0 Å². The lowest BCUT2D eigenvalue weighted by Crippen LogP contribution is -2.30. The van der Waals surface area contributed by atoms with Crippen LogP contribution in [0.15, 0.2) is 12.2 Å². The third-order valence-electron chi connectivity index (χ3n) is 16.5. The van der Waals surface area contributed by atoms with E-state index in [0.29, 0.717) is 19.3 Å². The van der Waals surface area contributed by atoms with Gasteiger partial charge in [-0.2, -0.15) is 0 Å². The normalized spacial score (nSPS) is 12.0. The predicted octanol–water partition coefficient (Wildman–Crippen LogP) is 24.4. The second-order valence-electron chi connectivity index (χ2n) is 24.5. The molecule has 0 aromatic carbocycles. The lowest BCUT2D eigenvalue weighted by Gasteiger charge is -2.18. The molecule has 0 aliphatic carbocycles. The van der Waals surface area contributed by atoms with Gasteiger partial charge < -0.3 is 14.2 Å². The SMILES string of the molecule is CCCCCCCC/C=C\CCCCCCCCCCCC(=O)OC(COC(=O)CCCCCCCCCCC)COC(=O)CCCCCCCCCCCCCCCCCCCCCCCCCCCCCCCCCC. The van der Waals surface area contributed by atoms with E-state index in [0.717, 1.165) is 57.8 Å². The maximum atomic E-state index is 12.9. The van der Waals surface area contributed by atoms with Crippen molar-refractivity contribution in [1.29, 1.82) is 0 Å². The minimum atomic E-state index is -0.766. The Morgan fingerprint density at radius 3 is 0.641 bits per heavy atom. The van der Waals surface area contributed by atoms with Crippen LogP contribution in [0.25, 0.3) is 0 Å². The van der Waals surface area contributed by atoms with Crippen molar-refractivity contribution in [3.8, 4) is 0 Å². The van der Waals surface area contributed by atoms with Gasteiger partial charge in [0.2, 0.25) is 0 Å². The Labute approximate surface area is 488 Å². The van der Waals surface area contributed by atoms with Gasteiger partial charge in [-0.3, -0.25) is 14.4 Å². The van der Waals surface area contributed by atoms with Crippen molar-refractivity contribution in [2.24, 2.45) is 0 Å². The molecule has 0 heterocycles. The van der Waals surface area contributed by atoms with E-state index in [1.807, 2.05) is 0 Å². The van der Waals surface area contributed by atoms with Crippen LogP contribution in [-0.4, -0.2) is 37.2 Å². The minimum Gasteiger partial charge on any atom is -0.462 e. The molecule has 0 rings (SSSR count). The van der Waals surface area contributed by atoms with Crippen molar-refractivity contribution in [2.45, 2.75) is 419 Å². The molecule has 0 aromatic rings. The molecule has 1 unspecified atom stereocenters. The first-order valence-corrected chi connectivity index (χ1v) is 35.7. The zero-order valence-corrected chi connectivity index (χ0v) is 53.2. The molecule has 6 heteroatoms. The van der Waals surface area contributed by atoms with Crippen molar-refractivity contribution in [3.63, 3.8) is 0 Å². The predicted molar refractivity (Wildman–Crippen MR) is 340 cm³/mol. The number of esters is 3. The van der Waals surface area contributed by atoms with Gasteiger partial charge in [0.1, 0.15) is 13.2 Å². The molecular weight excluding hydrogens is 961 g/mol. The summed E-state index contributed by atoms with van der Waals surface area (Å²) in [5.74, 6) is -0.839. The highest BCUT2D eigenvalue weighted by molar-refractivity contribution is 5.71. The Morgan fingerprint density at radius 1 is 0.244 bits per heavy atom. The average Bonchev–Trinajstić information content (AvgIpc) is 3.44. The second-order valence-corrected chi connectivity index (χ2v) is 24.5. The number of hydrogen-bond donors (Lipinski definition) is 0. The molecule has 78 heavy (non-hydrogen) atoms. The average molecular weight is 1100 g/mol. The third-order valence-corrected chi connectivity index (χ3v) is 16.5. The van der Waals surface area contributed by atoms with Gasteiger partial charge in [-0.1, -0.05) is 360 Å². The van der Waals surface area contributed by atoms with Crippen LogP contribution in [0, 0.1) is 0 Å². The zero-order valence-electron chi connectivity index (χ0n) is 53.2. The van der Waals surface area contributed by atoms with E-state index in [1.165, 1.54) is 315 Å². The molecule has 0 saturated heterocycles. The number of hydrogen-bond acceptors (Lipinski definition) is 6. The first kappa shape index (κ1) is 76.1. The summed E-state index contributed by atoms with van der Waals surface area (Å²) in [6.45, 7) is 6.69. The molecule has 0 aliphatic rings. The molecule has 1 atom stereocenters. The molecule has 6 nitrogen and oxygen atoms in total. The Bertz CT molecular complexity index is 1210. The summed E-state index contributed by atoms with van der Waals surface area (Å²) in [4.78, 5) is 38.2. The summed E-state index contributed by atoms with van der Waals surface area (Å²) in [5, 5.41) is 0. The number of rotatable bonds is 67. The fourth-order valence-corrected chi connectivity index (χ4v) is 11.2. The fraction of sp³-hybridized carbons (Fsp3) is 0.931. The first-order valence-electron chi connectivity index (χ1n) is 35.7. The van der Waals surface area contributed by atoms with Crippen molar-refractivity contribution in [2.75, 3.05) is 13.2 Å². The number of unbranched alkanes of at least 4 members (excludes halogenated alkanes) is 54. The quantitative estimate of drug-likeness (QED) is 0.0261. The summed E-state index contributed by atoms with van der Waals surface area (Å²) in [6.07, 6.45) is 81.3. The maximum absolute atomic E-state index is 12.9. The highest BCUT2D eigenvalue weighted by atomic mass is 16.6. The van der Waals surface area contributed by atoms with E-state index in [9.17, 15) is 14.4 Å². The molecule has 0 fully saturated rings. The molecule has 0 spiro atoms. The van der Waals surface area contributed by atoms with Crippen molar-refractivity contribution < 1.29 is 28.6 Å². The summed E-state index contributed by atoms with van der Waals surface area (Å²) >= 11 is 0. The van der Waals surface area contributed by atoms with Gasteiger partial charge in [0.15, 0.2) is 6.10 Å². The molecule has 462 valence electrons. The number of allylic oxidation sites excluding steroid dienone is 2. The van der Waals surface area contributed by atoms with Crippen molar-refractivity contribution in [3.05, 3.63) is 12.2 Å². The topological polar surface area (TPSA) is 78.9 Å². The van der Waals surface area contributed by atoms with E-state index in [-0.39, 0.29) is 31.1 Å². The fourth-order valence-electron chi connectivity index (χ4n) is 11.2. The first-order chi connectivity index (χ1) is 38.5. The van der Waals surface area contributed by atoms with Crippen LogP contribution < -0.4 is 0 Å². The van der Waals surface area contributed by atoms with E-state index in [1.54, 1.807) is 0 Å². The highest BCUT2D eigenvalue weighted by Crippen LogP contribution is 2.19. The summed E-state index contributed by atoms with van der Waals surface area (Å²) in [6, 6.07) is 0. The summed E-state index contributed by atoms with van der Waals surface area (Å²) in [7, 11) is 0. The monoisotopic (exact) mass is 1100 g/mol. The molecule has 0 saturated carbocycles. The molecule has 0 aliphatic heterocycles. The Kier molecular flexibility index (Phi) is 66.0. The molecule has 0 radical (unpaired) electrons. The number of carbonyl (C=O) groups excluding carboxylic acids is 3. The molecule has 0 N–H and O–H groups in total. The zero-order chi connectivity index (χ0) is 56.4. The Morgan fingerprint density at radius 2 is 0.423 bits per heavy atom. The largest absolute Gasteiger partial charge is 0.462 e. The highest BCUT2D eigenvalue weighted by Gasteiger charge is 2.19. The minimum absolute atomic E-state index is 0.0645. The lowest BCUT2D eigenvalue weighted by molar-refractivity contribution is -0.167. The number of carbonyl (C=O) groups is 3. The summed E-state index contributed by atoms with van der Waals surface area (Å²) < 4.78 is 16.9. The van der Waals surface area contributed by atoms with E-state index in [4.69, 9.17) is 14.2 Å². The van der Waals surface area contributed by atoms with Crippen LogP contribution in [-0.2, 0) is 28.6 Å². The van der Waals surface area contributed by atoms with Crippen LogP contribution in [0.1, 0.15) is 412 Å². The molecule has 0 bridgehead atoms. The second kappa shape index (κ2) is 67.7. The maximum Gasteiger partial charge on any atom is 0.306 e. The number of ether oxygens (including phenoxy) is 3. The van der Waals surface area contributed by atoms with E-state index in [2.05, 4.69) is 32.9 Å². The van der Waals surface area contributed by atoms with Crippen LogP contribution in [0.2, 0.25) is 0 Å². The molecule has 0 amide bonds. The lowest BCUT2D eigenvalue weighted by atomic mass is 10.0. The van der Waals surface area contributed by atoms with Gasteiger partial charge in [-0.15, -0.1) is 0 Å². The van der Waals surface area contributed by atoms with E-state index < -0.39 is 6.10 Å². The molecular formula is C72H138O6. The van der Waals surface area contributed by atoms with Gasteiger partial charge in [0.05, 0.1) is 0 Å². The van der Waals surface area contributed by atoms with Gasteiger partial charge in [-0.05, 0) is 44.9 Å². The third kappa shape index (κ3) is 65.0. The Balaban J connectivity index is 4.01. The molecule has 0 aromatic heterocycles. The van der Waals surface area contributed by atoms with Gasteiger partial charge in [0.25, 0.3) is 0 Å². The standard InChI is InChI=1S/C72H138O6/c1-4-7-10-13-16-19-21-23-25-27-29-30-31-32-33-34-35-36-37-38-39-40-41-43-44-46-48-50-53-56-59-62-65-71(74)77-68-69(67-76-70(73)64-61-58-55-52-18-15-12-9-6-3)78-72(75)66-63-60-57-54-51-49-47-45-42-28-26-24-22-20-17-14-11-8-5-2/h24,26,69H,4-23,25,27-68H2,1-3H3/b26-24-. The smallest absolute Gasteiger partial charge is 0.306 e. The van der Waals surface area contributed by atoms with Crippen LogP contribution in [0.4, 0.5) is 0 Å². The van der Waals surface area contributed by atoms with Gasteiger partial charge >= 0.3 is 17.9 Å². The van der Waals surface area contributed by atoms with Crippen molar-refractivity contribution >= 4 is 17.9 Å². The van der Waals surface area contributed by atoms with Crippen LogP contribution >= 0.6 is 0 Å².